The maximum absolute atomic E-state index is 13.2. The molecular formula is C9H8F2O2. The molecule has 0 atom stereocenters. The molecule has 0 spiro atoms. The maximum atomic E-state index is 13.2. The van der Waals surface area contributed by atoms with Gasteiger partial charge in [0.2, 0.25) is 0 Å². The predicted octanol–water partition coefficient (Wildman–Crippen LogP) is 2.27. The zero-order valence-electron chi connectivity index (χ0n) is 6.76. The third-order valence-electron chi connectivity index (χ3n) is 2.03. The number of hydrogen-bond acceptors (Lipinski definition) is 2. The lowest BCUT2D eigenvalue weighted by Gasteiger charge is -2.25. The summed E-state index contributed by atoms with van der Waals surface area (Å²) in [4.78, 5) is 0. The van der Waals surface area contributed by atoms with Gasteiger partial charge in [-0.2, -0.15) is 0 Å². The molecular weight excluding hydrogens is 178 g/mol. The lowest BCUT2D eigenvalue weighted by molar-refractivity contribution is -0.0406. The smallest absolute Gasteiger partial charge is 0.280 e. The molecule has 0 fully saturated rings. The number of ether oxygens (including phenoxy) is 1. The highest BCUT2D eigenvalue weighted by Crippen LogP contribution is 2.42. The van der Waals surface area contributed by atoms with Crippen LogP contribution in [0.15, 0.2) is 18.2 Å². The molecule has 13 heavy (non-hydrogen) atoms. The fourth-order valence-electron chi connectivity index (χ4n) is 1.35. The quantitative estimate of drug-likeness (QED) is 0.673. The number of hydrogen-bond donors (Lipinski definition) is 1. The van der Waals surface area contributed by atoms with Gasteiger partial charge in [0.25, 0.3) is 5.92 Å². The molecule has 70 valence electrons. The van der Waals surface area contributed by atoms with Crippen LogP contribution in [0.4, 0.5) is 8.78 Å². The lowest BCUT2D eigenvalue weighted by Crippen LogP contribution is -2.23. The van der Waals surface area contributed by atoms with E-state index in [1.54, 1.807) is 0 Å². The molecule has 1 N–H and O–H groups in total. The Balaban J connectivity index is 2.55. The first-order valence-corrected chi connectivity index (χ1v) is 3.94. The van der Waals surface area contributed by atoms with E-state index in [0.717, 1.165) is 6.07 Å². The van der Waals surface area contributed by atoms with Crippen LogP contribution in [0.1, 0.15) is 12.0 Å². The van der Waals surface area contributed by atoms with E-state index in [1.165, 1.54) is 12.1 Å². The number of benzene rings is 1. The molecule has 1 aliphatic rings. The van der Waals surface area contributed by atoms with Crippen LogP contribution in [0, 0.1) is 0 Å². The summed E-state index contributed by atoms with van der Waals surface area (Å²) in [5.41, 5.74) is -0.223. The summed E-state index contributed by atoms with van der Waals surface area (Å²) in [6.07, 6.45) is -0.330. The van der Waals surface area contributed by atoms with Crippen LogP contribution in [0.2, 0.25) is 0 Å². The molecule has 1 aromatic carbocycles. The number of alkyl halides is 2. The minimum Gasteiger partial charge on any atom is -0.508 e. The molecule has 1 heterocycles. The summed E-state index contributed by atoms with van der Waals surface area (Å²) >= 11 is 0. The van der Waals surface area contributed by atoms with Gasteiger partial charge in [0, 0.05) is 0 Å². The second-order valence-electron chi connectivity index (χ2n) is 2.98. The Hall–Kier alpha value is -1.32. The van der Waals surface area contributed by atoms with Crippen molar-refractivity contribution >= 4 is 0 Å². The molecule has 0 bridgehead atoms. The van der Waals surface area contributed by atoms with E-state index in [1.807, 2.05) is 0 Å². The summed E-state index contributed by atoms with van der Waals surface area (Å²) in [7, 11) is 0. The summed E-state index contributed by atoms with van der Waals surface area (Å²) in [5.74, 6) is -2.88. The van der Waals surface area contributed by atoms with Crippen molar-refractivity contribution in [1.29, 1.82) is 0 Å². The van der Waals surface area contributed by atoms with Crippen molar-refractivity contribution in [2.75, 3.05) is 6.61 Å². The van der Waals surface area contributed by atoms with Crippen LogP contribution < -0.4 is 4.74 Å². The normalized spacial score (nSPS) is 18.9. The van der Waals surface area contributed by atoms with Gasteiger partial charge in [-0.3, -0.25) is 0 Å². The first kappa shape index (κ1) is 8.29. The monoisotopic (exact) mass is 186 g/mol. The molecule has 2 rings (SSSR count). The van der Waals surface area contributed by atoms with Crippen LogP contribution in [0.25, 0.3) is 0 Å². The van der Waals surface area contributed by atoms with E-state index in [4.69, 9.17) is 9.84 Å². The highest BCUT2D eigenvalue weighted by atomic mass is 19.3. The molecule has 1 aromatic rings. The minimum atomic E-state index is -2.88. The van der Waals surface area contributed by atoms with Crippen molar-refractivity contribution in [1.82, 2.24) is 0 Å². The lowest BCUT2D eigenvalue weighted by atomic mass is 10.0. The molecule has 2 nitrogen and oxygen atoms in total. The first-order chi connectivity index (χ1) is 6.09. The first-order valence-electron chi connectivity index (χ1n) is 3.94. The highest BCUT2D eigenvalue weighted by molar-refractivity contribution is 5.43. The van der Waals surface area contributed by atoms with Gasteiger partial charge in [0.05, 0.1) is 18.6 Å². The van der Waals surface area contributed by atoms with Gasteiger partial charge in [-0.05, 0) is 18.2 Å². The maximum Gasteiger partial charge on any atom is 0.280 e. The van der Waals surface area contributed by atoms with Crippen molar-refractivity contribution in [2.24, 2.45) is 0 Å². The van der Waals surface area contributed by atoms with Gasteiger partial charge in [-0.1, -0.05) is 0 Å². The van der Waals surface area contributed by atoms with Crippen LogP contribution in [-0.4, -0.2) is 11.7 Å². The molecule has 0 radical (unpaired) electrons. The minimum absolute atomic E-state index is 0.0186. The molecule has 0 aliphatic carbocycles. The van der Waals surface area contributed by atoms with Crippen molar-refractivity contribution in [3.8, 4) is 11.5 Å². The van der Waals surface area contributed by atoms with Gasteiger partial charge in [0.15, 0.2) is 0 Å². The van der Waals surface area contributed by atoms with Gasteiger partial charge in [-0.25, -0.2) is 8.78 Å². The van der Waals surface area contributed by atoms with E-state index in [9.17, 15) is 8.78 Å². The van der Waals surface area contributed by atoms with Gasteiger partial charge in [-0.15, -0.1) is 0 Å². The molecule has 1 aliphatic heterocycles. The second kappa shape index (κ2) is 2.58. The topological polar surface area (TPSA) is 29.5 Å². The Morgan fingerprint density at radius 2 is 2.15 bits per heavy atom. The Labute approximate surface area is 73.8 Å². The summed E-state index contributed by atoms with van der Waals surface area (Å²) in [5, 5.41) is 9.03. The SMILES string of the molecule is Oc1ccc2c(c1)C(F)(F)CCO2. The van der Waals surface area contributed by atoms with E-state index in [-0.39, 0.29) is 30.1 Å². The van der Waals surface area contributed by atoms with Crippen molar-refractivity contribution in [3.63, 3.8) is 0 Å². The van der Waals surface area contributed by atoms with Crippen LogP contribution in [-0.2, 0) is 5.92 Å². The summed E-state index contributed by atoms with van der Waals surface area (Å²) in [6.45, 7) is 0.0186. The van der Waals surface area contributed by atoms with Crippen LogP contribution in [0.5, 0.6) is 11.5 Å². The zero-order valence-corrected chi connectivity index (χ0v) is 6.76. The summed E-state index contributed by atoms with van der Waals surface area (Å²) in [6, 6.07) is 3.74. The van der Waals surface area contributed by atoms with Crippen LogP contribution >= 0.6 is 0 Å². The van der Waals surface area contributed by atoms with E-state index >= 15 is 0 Å². The molecule has 0 aromatic heterocycles. The second-order valence-corrected chi connectivity index (χ2v) is 2.98. The van der Waals surface area contributed by atoms with E-state index in [0.29, 0.717) is 0 Å². The molecule has 0 saturated heterocycles. The fourth-order valence-corrected chi connectivity index (χ4v) is 1.35. The molecule has 0 saturated carbocycles. The molecule has 0 unspecified atom stereocenters. The van der Waals surface area contributed by atoms with Crippen molar-refractivity contribution < 1.29 is 18.6 Å². The average Bonchev–Trinajstić information content (AvgIpc) is 2.06. The standard InChI is InChI=1S/C9H8F2O2/c10-9(11)3-4-13-8-2-1-6(12)5-7(8)9/h1-2,5,12H,3-4H2. The number of fused-ring (bicyclic) bond motifs is 1. The zero-order chi connectivity index (χ0) is 9.47. The number of phenolic OH excluding ortho intramolecular Hbond substituents is 1. The number of halogens is 2. The number of rotatable bonds is 0. The largest absolute Gasteiger partial charge is 0.508 e. The van der Waals surface area contributed by atoms with Crippen LogP contribution in [0.3, 0.4) is 0 Å². The van der Waals surface area contributed by atoms with Crippen molar-refractivity contribution in [3.05, 3.63) is 23.8 Å². The molecule has 0 amide bonds. The van der Waals surface area contributed by atoms with Gasteiger partial charge in [0.1, 0.15) is 11.5 Å². The van der Waals surface area contributed by atoms with Gasteiger partial charge >= 0.3 is 0 Å². The Morgan fingerprint density at radius 3 is 2.92 bits per heavy atom. The van der Waals surface area contributed by atoms with E-state index < -0.39 is 5.92 Å². The molecule has 4 heteroatoms. The highest BCUT2D eigenvalue weighted by Gasteiger charge is 2.38. The fraction of sp³-hybridized carbons (Fsp3) is 0.333. The average molecular weight is 186 g/mol. The predicted molar refractivity (Wildman–Crippen MR) is 42.1 cm³/mol. The Bertz CT molecular complexity index is 336. The van der Waals surface area contributed by atoms with Crippen molar-refractivity contribution in [2.45, 2.75) is 12.3 Å². The number of aromatic hydroxyl groups is 1. The number of phenols is 1. The third-order valence-corrected chi connectivity index (χ3v) is 2.03. The Kier molecular flexibility index (Phi) is 1.65. The summed E-state index contributed by atoms with van der Waals surface area (Å²) < 4.78 is 31.4. The third kappa shape index (κ3) is 1.32. The van der Waals surface area contributed by atoms with Gasteiger partial charge < -0.3 is 9.84 Å². The van der Waals surface area contributed by atoms with E-state index in [2.05, 4.69) is 0 Å². The Morgan fingerprint density at radius 1 is 1.38 bits per heavy atom.